The van der Waals surface area contributed by atoms with E-state index < -0.39 is 0 Å². The molecule has 2 fully saturated rings. The van der Waals surface area contributed by atoms with Crippen molar-refractivity contribution in [1.82, 2.24) is 19.9 Å². The number of benzene rings is 1. The van der Waals surface area contributed by atoms with Gasteiger partial charge >= 0.3 is 0 Å². The van der Waals surface area contributed by atoms with Crippen molar-refractivity contribution in [3.63, 3.8) is 0 Å². The quantitative estimate of drug-likeness (QED) is 0.590. The van der Waals surface area contributed by atoms with Gasteiger partial charge in [-0.2, -0.15) is 0 Å². The molecule has 4 heterocycles. The van der Waals surface area contributed by atoms with Crippen LogP contribution >= 0.6 is 11.6 Å². The molecule has 6 nitrogen and oxygen atoms in total. The monoisotopic (exact) mass is 448 g/mol. The highest BCUT2D eigenvalue weighted by atomic mass is 35.5. The Morgan fingerprint density at radius 1 is 1.12 bits per heavy atom. The zero-order valence-corrected chi connectivity index (χ0v) is 18.5. The third-order valence-corrected chi connectivity index (χ3v) is 6.81. The minimum Gasteiger partial charge on any atom is -0.377 e. The van der Waals surface area contributed by atoms with Gasteiger partial charge in [-0.15, -0.1) is 0 Å². The van der Waals surface area contributed by atoms with Crippen LogP contribution in [0.25, 0.3) is 11.3 Å². The first-order valence-corrected chi connectivity index (χ1v) is 11.4. The van der Waals surface area contributed by atoms with Crippen molar-refractivity contribution in [3.05, 3.63) is 77.5 Å². The number of piperidine rings is 1. The van der Waals surface area contributed by atoms with E-state index in [1.807, 2.05) is 35.2 Å². The molecule has 1 spiro atoms. The lowest BCUT2D eigenvalue weighted by Crippen LogP contribution is -2.43. The van der Waals surface area contributed by atoms with E-state index in [9.17, 15) is 4.79 Å². The van der Waals surface area contributed by atoms with E-state index in [2.05, 4.69) is 21.0 Å². The fourth-order valence-corrected chi connectivity index (χ4v) is 5.01. The normalized spacial score (nSPS) is 19.9. The van der Waals surface area contributed by atoms with Crippen molar-refractivity contribution >= 4 is 17.5 Å². The number of pyridine rings is 1. The van der Waals surface area contributed by atoms with Crippen LogP contribution < -0.4 is 0 Å². The first-order chi connectivity index (χ1) is 15.6. The predicted molar refractivity (Wildman–Crippen MR) is 122 cm³/mol. The van der Waals surface area contributed by atoms with Crippen LogP contribution in [0.2, 0.25) is 5.02 Å². The number of carbonyl (C=O) groups excluding carboxylic acids is 1. The third-order valence-electron chi connectivity index (χ3n) is 6.57. The number of halogens is 1. The number of likely N-dealkylation sites (tertiary alicyclic amines) is 1. The smallest absolute Gasteiger partial charge is 0.272 e. The molecule has 1 aromatic carbocycles. The van der Waals surface area contributed by atoms with Crippen molar-refractivity contribution in [2.75, 3.05) is 19.7 Å². The molecular formula is C25H25ClN4O2. The Kier molecular flexibility index (Phi) is 5.89. The number of nitrogens with zero attached hydrogens (tertiary/aromatic N) is 4. The highest BCUT2D eigenvalue weighted by Crippen LogP contribution is 2.43. The number of ether oxygens (including phenoxy) is 1. The summed E-state index contributed by atoms with van der Waals surface area (Å²) in [5.74, 6) is -0.0204. The van der Waals surface area contributed by atoms with Crippen molar-refractivity contribution in [3.8, 4) is 11.3 Å². The van der Waals surface area contributed by atoms with Gasteiger partial charge < -0.3 is 9.64 Å². The average molecular weight is 449 g/mol. The molecule has 32 heavy (non-hydrogen) atoms. The molecule has 164 valence electrons. The Bertz CT molecular complexity index is 1100. The van der Waals surface area contributed by atoms with Crippen LogP contribution in [0.1, 0.15) is 35.3 Å². The number of carbonyl (C=O) groups is 1. The summed E-state index contributed by atoms with van der Waals surface area (Å²) in [5, 5.41) is 0.763. The summed E-state index contributed by atoms with van der Waals surface area (Å²) in [6, 6.07) is 13.5. The average Bonchev–Trinajstić information content (AvgIpc) is 3.21. The van der Waals surface area contributed by atoms with E-state index >= 15 is 0 Å². The molecule has 1 amide bonds. The molecule has 2 saturated heterocycles. The summed E-state index contributed by atoms with van der Waals surface area (Å²) in [4.78, 5) is 27.7. The van der Waals surface area contributed by atoms with Gasteiger partial charge in [0.05, 0.1) is 18.4 Å². The summed E-state index contributed by atoms with van der Waals surface area (Å²) in [7, 11) is 0. The van der Waals surface area contributed by atoms with Crippen molar-refractivity contribution in [1.29, 1.82) is 0 Å². The lowest BCUT2D eigenvalue weighted by molar-refractivity contribution is 0.0492. The van der Waals surface area contributed by atoms with Gasteiger partial charge in [0, 0.05) is 36.1 Å². The highest BCUT2D eigenvalue weighted by Gasteiger charge is 2.43. The Balaban J connectivity index is 1.20. The van der Waals surface area contributed by atoms with Crippen molar-refractivity contribution < 1.29 is 9.53 Å². The molecule has 3 aromatic rings. The maximum Gasteiger partial charge on any atom is 0.272 e. The molecule has 0 aliphatic carbocycles. The molecule has 0 radical (unpaired) electrons. The molecule has 0 N–H and O–H groups in total. The Morgan fingerprint density at radius 2 is 1.91 bits per heavy atom. The maximum atomic E-state index is 13.1. The second-order valence-electron chi connectivity index (χ2n) is 8.80. The summed E-state index contributed by atoms with van der Waals surface area (Å²) < 4.78 is 6.16. The van der Waals surface area contributed by atoms with E-state index in [0.29, 0.717) is 11.4 Å². The van der Waals surface area contributed by atoms with Gasteiger partial charge in [0.15, 0.2) is 0 Å². The lowest BCUT2D eigenvalue weighted by atomic mass is 9.76. The molecule has 7 heteroatoms. The van der Waals surface area contributed by atoms with Gasteiger partial charge in [-0.05, 0) is 60.9 Å². The zero-order chi connectivity index (χ0) is 22.0. The molecule has 1 atom stereocenters. The van der Waals surface area contributed by atoms with Gasteiger partial charge in [0.25, 0.3) is 5.91 Å². The van der Waals surface area contributed by atoms with Gasteiger partial charge in [0.1, 0.15) is 12.0 Å². The zero-order valence-electron chi connectivity index (χ0n) is 17.8. The van der Waals surface area contributed by atoms with Crippen LogP contribution in [0, 0.1) is 5.41 Å². The lowest BCUT2D eigenvalue weighted by Gasteiger charge is -2.38. The maximum absolute atomic E-state index is 13.1. The topological polar surface area (TPSA) is 68.2 Å². The molecule has 0 unspecified atom stereocenters. The number of amides is 1. The summed E-state index contributed by atoms with van der Waals surface area (Å²) in [5.41, 5.74) is 3.34. The van der Waals surface area contributed by atoms with Gasteiger partial charge in [-0.25, -0.2) is 15.0 Å². The van der Waals surface area contributed by atoms with E-state index in [0.717, 1.165) is 56.0 Å². The molecule has 5 rings (SSSR count). The van der Waals surface area contributed by atoms with Crippen LogP contribution in [0.4, 0.5) is 0 Å². The summed E-state index contributed by atoms with van der Waals surface area (Å²) >= 11 is 6.12. The second-order valence-corrected chi connectivity index (χ2v) is 9.24. The molecule has 2 aliphatic heterocycles. The van der Waals surface area contributed by atoms with Gasteiger partial charge in [-0.3, -0.25) is 4.79 Å². The highest BCUT2D eigenvalue weighted by molar-refractivity contribution is 6.30. The Hall–Kier alpha value is -2.83. The molecule has 2 aromatic heterocycles. The van der Waals surface area contributed by atoms with Crippen LogP contribution in [0.5, 0.6) is 0 Å². The van der Waals surface area contributed by atoms with Gasteiger partial charge in [0.2, 0.25) is 0 Å². The van der Waals surface area contributed by atoms with Crippen LogP contribution in [0.15, 0.2) is 61.2 Å². The molecule has 2 aliphatic rings. The van der Waals surface area contributed by atoms with Crippen molar-refractivity contribution in [2.24, 2.45) is 5.41 Å². The van der Waals surface area contributed by atoms with Crippen LogP contribution in [0.3, 0.4) is 0 Å². The summed E-state index contributed by atoms with van der Waals surface area (Å²) in [6.07, 6.45) is 8.92. The Morgan fingerprint density at radius 3 is 2.69 bits per heavy atom. The largest absolute Gasteiger partial charge is 0.377 e. The van der Waals surface area contributed by atoms with E-state index in [-0.39, 0.29) is 17.4 Å². The third kappa shape index (κ3) is 4.52. The number of hydrogen-bond donors (Lipinski definition) is 0. The number of rotatable bonds is 4. The summed E-state index contributed by atoms with van der Waals surface area (Å²) in [6.45, 7) is 2.22. The predicted octanol–water partition coefficient (Wildman–Crippen LogP) is 4.45. The minimum atomic E-state index is -0.0204. The standard InChI is InChI=1S/C25H25ClN4O2/c26-20-4-1-3-18(11-20)12-21-13-25(16-32-21)7-9-30(10-8-25)24(31)23-6-2-5-22(29-23)19-14-27-17-28-15-19/h1-6,11,14-15,17,21H,7-10,12-13,16H2/t21-/m0/s1. The van der Waals surface area contributed by atoms with Crippen LogP contribution in [-0.2, 0) is 11.2 Å². The minimum absolute atomic E-state index is 0.0204. The molecule has 0 bridgehead atoms. The molecule has 0 saturated carbocycles. The second kappa shape index (κ2) is 8.96. The molecular weight excluding hydrogens is 424 g/mol. The SMILES string of the molecule is O=C(c1cccc(-c2cncnc2)n1)N1CCC2(CC1)CO[C@@H](Cc1cccc(Cl)c1)C2. The van der Waals surface area contributed by atoms with E-state index in [1.54, 1.807) is 18.5 Å². The van der Waals surface area contributed by atoms with Crippen molar-refractivity contribution in [2.45, 2.75) is 31.8 Å². The number of aromatic nitrogens is 3. The fourth-order valence-electron chi connectivity index (χ4n) is 4.79. The first kappa shape index (κ1) is 21.0. The first-order valence-electron chi connectivity index (χ1n) is 11.0. The van der Waals surface area contributed by atoms with Gasteiger partial charge in [-0.1, -0.05) is 29.8 Å². The number of hydrogen-bond acceptors (Lipinski definition) is 5. The van der Waals surface area contributed by atoms with Crippen LogP contribution in [-0.4, -0.2) is 51.6 Å². The Labute approximate surface area is 192 Å². The van der Waals surface area contributed by atoms with E-state index in [4.69, 9.17) is 16.3 Å². The fraction of sp³-hybridized carbons (Fsp3) is 0.360. The van der Waals surface area contributed by atoms with E-state index in [1.165, 1.54) is 11.9 Å².